The first-order valence-corrected chi connectivity index (χ1v) is 7.90. The molecule has 1 fully saturated rings. The molecule has 0 radical (unpaired) electrons. The van der Waals surface area contributed by atoms with Crippen LogP contribution in [0.25, 0.3) is 0 Å². The third kappa shape index (κ3) is 4.10. The van der Waals surface area contributed by atoms with Crippen LogP contribution in [0.5, 0.6) is 0 Å². The highest BCUT2D eigenvalue weighted by atomic mass is 16.1. The molecule has 1 N–H and O–H groups in total. The first-order valence-electron chi connectivity index (χ1n) is 7.90. The van der Waals surface area contributed by atoms with Crippen LogP contribution in [0.1, 0.15) is 42.8 Å². The SMILES string of the molecule is CC(=O)NCc1ccc([C@@H]2CCCN2Cc2cnccn2)nc1. The number of amides is 1. The predicted octanol–water partition coefficient (Wildman–Crippen LogP) is 1.84. The highest BCUT2D eigenvalue weighted by molar-refractivity contribution is 5.72. The maximum atomic E-state index is 11.0. The van der Waals surface area contributed by atoms with Crippen LogP contribution in [0.3, 0.4) is 0 Å². The number of hydrogen-bond acceptors (Lipinski definition) is 5. The molecule has 3 heterocycles. The molecule has 6 nitrogen and oxygen atoms in total. The maximum absolute atomic E-state index is 11.0. The van der Waals surface area contributed by atoms with Gasteiger partial charge >= 0.3 is 0 Å². The number of aromatic nitrogens is 3. The number of nitrogens with zero attached hydrogens (tertiary/aromatic N) is 4. The molecule has 1 aliphatic rings. The molecule has 0 saturated carbocycles. The lowest BCUT2D eigenvalue weighted by molar-refractivity contribution is -0.119. The molecular formula is C17H21N5O. The number of likely N-dealkylation sites (tertiary alicyclic amines) is 1. The minimum atomic E-state index is -0.0278. The van der Waals surface area contributed by atoms with E-state index in [1.54, 1.807) is 12.4 Å². The van der Waals surface area contributed by atoms with Gasteiger partial charge < -0.3 is 5.32 Å². The van der Waals surface area contributed by atoms with Gasteiger partial charge in [-0.05, 0) is 31.0 Å². The quantitative estimate of drug-likeness (QED) is 0.912. The first-order chi connectivity index (χ1) is 11.2. The molecule has 0 bridgehead atoms. The zero-order chi connectivity index (χ0) is 16.1. The number of rotatable bonds is 5. The van der Waals surface area contributed by atoms with Gasteiger partial charge in [-0.3, -0.25) is 24.6 Å². The lowest BCUT2D eigenvalue weighted by atomic mass is 10.1. The van der Waals surface area contributed by atoms with Gasteiger partial charge in [0.25, 0.3) is 0 Å². The number of hydrogen-bond donors (Lipinski definition) is 1. The van der Waals surface area contributed by atoms with Crippen LogP contribution in [0.15, 0.2) is 36.9 Å². The van der Waals surface area contributed by atoms with E-state index in [0.717, 1.165) is 36.5 Å². The second-order valence-electron chi connectivity index (χ2n) is 5.83. The van der Waals surface area contributed by atoms with Crippen molar-refractivity contribution in [1.29, 1.82) is 0 Å². The Hall–Kier alpha value is -2.34. The second kappa shape index (κ2) is 7.28. The lowest BCUT2D eigenvalue weighted by Crippen LogP contribution is -2.24. The van der Waals surface area contributed by atoms with E-state index in [9.17, 15) is 4.79 Å². The molecular weight excluding hydrogens is 290 g/mol. The summed E-state index contributed by atoms with van der Waals surface area (Å²) in [4.78, 5) is 26.5. The van der Waals surface area contributed by atoms with Crippen LogP contribution in [0.2, 0.25) is 0 Å². The van der Waals surface area contributed by atoms with Gasteiger partial charge in [0, 0.05) is 44.8 Å². The summed E-state index contributed by atoms with van der Waals surface area (Å²) in [5, 5.41) is 2.79. The fourth-order valence-electron chi connectivity index (χ4n) is 2.93. The molecule has 2 aromatic heterocycles. The van der Waals surface area contributed by atoms with Crippen LogP contribution in [-0.4, -0.2) is 32.3 Å². The van der Waals surface area contributed by atoms with Crippen LogP contribution in [0.4, 0.5) is 0 Å². The van der Waals surface area contributed by atoms with Gasteiger partial charge in [0.05, 0.1) is 17.4 Å². The average molecular weight is 311 g/mol. The van der Waals surface area contributed by atoms with Crippen molar-refractivity contribution in [3.8, 4) is 0 Å². The van der Waals surface area contributed by atoms with Gasteiger partial charge in [0.15, 0.2) is 0 Å². The lowest BCUT2D eigenvalue weighted by Gasteiger charge is -2.23. The standard InChI is InChI=1S/C17H21N5O/c1-13(23)20-9-14-4-5-16(21-10-14)17-3-2-8-22(17)12-15-11-18-6-7-19-15/h4-7,10-11,17H,2-3,8-9,12H2,1H3,(H,20,23)/t17-/m0/s1. The van der Waals surface area contributed by atoms with Gasteiger partial charge in [0.1, 0.15) is 0 Å². The Bertz CT molecular complexity index is 644. The molecule has 23 heavy (non-hydrogen) atoms. The smallest absolute Gasteiger partial charge is 0.217 e. The molecule has 0 unspecified atom stereocenters. The Morgan fingerprint density at radius 2 is 2.22 bits per heavy atom. The Kier molecular flexibility index (Phi) is 4.92. The van der Waals surface area contributed by atoms with Crippen LogP contribution in [0, 0.1) is 0 Å². The number of nitrogens with one attached hydrogen (secondary N) is 1. The van der Waals surface area contributed by atoms with E-state index in [1.165, 1.54) is 13.3 Å². The summed E-state index contributed by atoms with van der Waals surface area (Å²) in [5.74, 6) is -0.0278. The van der Waals surface area contributed by atoms with Gasteiger partial charge in [0.2, 0.25) is 5.91 Å². The molecule has 120 valence electrons. The summed E-state index contributed by atoms with van der Waals surface area (Å²) < 4.78 is 0. The highest BCUT2D eigenvalue weighted by Gasteiger charge is 2.27. The Labute approximate surface area is 136 Å². The molecule has 1 amide bonds. The van der Waals surface area contributed by atoms with Gasteiger partial charge in [-0.1, -0.05) is 6.07 Å². The molecule has 1 aliphatic heterocycles. The molecule has 1 saturated heterocycles. The summed E-state index contributed by atoms with van der Waals surface area (Å²) in [6, 6.07) is 4.43. The number of carbonyl (C=O) groups excluding carboxylic acids is 1. The first kappa shape index (κ1) is 15.6. The highest BCUT2D eigenvalue weighted by Crippen LogP contribution is 2.31. The molecule has 0 aromatic carbocycles. The van der Waals surface area contributed by atoms with E-state index in [2.05, 4.69) is 31.2 Å². The fraction of sp³-hybridized carbons (Fsp3) is 0.412. The molecule has 6 heteroatoms. The minimum absolute atomic E-state index is 0.0278. The van der Waals surface area contributed by atoms with E-state index >= 15 is 0 Å². The monoisotopic (exact) mass is 311 g/mol. The van der Waals surface area contributed by atoms with E-state index in [1.807, 2.05) is 18.5 Å². The van der Waals surface area contributed by atoms with E-state index in [-0.39, 0.29) is 5.91 Å². The zero-order valence-corrected chi connectivity index (χ0v) is 13.3. The zero-order valence-electron chi connectivity index (χ0n) is 13.3. The van der Waals surface area contributed by atoms with Crippen LogP contribution in [-0.2, 0) is 17.9 Å². The Morgan fingerprint density at radius 3 is 2.91 bits per heavy atom. The third-order valence-electron chi connectivity index (χ3n) is 4.08. The molecule has 0 aliphatic carbocycles. The summed E-state index contributed by atoms with van der Waals surface area (Å²) in [7, 11) is 0. The summed E-state index contributed by atoms with van der Waals surface area (Å²) >= 11 is 0. The van der Waals surface area contributed by atoms with Crippen LogP contribution >= 0.6 is 0 Å². The van der Waals surface area contributed by atoms with Crippen molar-refractivity contribution in [3.05, 3.63) is 53.9 Å². The minimum Gasteiger partial charge on any atom is -0.352 e. The predicted molar refractivity (Wildman–Crippen MR) is 86.2 cm³/mol. The third-order valence-corrected chi connectivity index (χ3v) is 4.08. The molecule has 1 atom stereocenters. The van der Waals surface area contributed by atoms with E-state index in [0.29, 0.717) is 12.6 Å². The topological polar surface area (TPSA) is 71.0 Å². The normalized spacial score (nSPS) is 18.0. The molecule has 0 spiro atoms. The van der Waals surface area contributed by atoms with Crippen molar-refractivity contribution >= 4 is 5.91 Å². The van der Waals surface area contributed by atoms with E-state index in [4.69, 9.17) is 0 Å². The number of pyridine rings is 1. The summed E-state index contributed by atoms with van der Waals surface area (Å²) in [6.07, 6.45) is 9.37. The maximum Gasteiger partial charge on any atom is 0.217 e. The van der Waals surface area contributed by atoms with Crippen molar-refractivity contribution in [2.45, 2.75) is 38.9 Å². The summed E-state index contributed by atoms with van der Waals surface area (Å²) in [5.41, 5.74) is 3.09. The summed E-state index contributed by atoms with van der Waals surface area (Å²) in [6.45, 7) is 3.89. The van der Waals surface area contributed by atoms with Gasteiger partial charge in [-0.2, -0.15) is 0 Å². The molecule has 2 aromatic rings. The van der Waals surface area contributed by atoms with Crippen molar-refractivity contribution in [1.82, 2.24) is 25.2 Å². The van der Waals surface area contributed by atoms with Crippen molar-refractivity contribution in [3.63, 3.8) is 0 Å². The Balaban J connectivity index is 1.66. The van der Waals surface area contributed by atoms with Gasteiger partial charge in [-0.15, -0.1) is 0 Å². The Morgan fingerprint density at radius 1 is 1.30 bits per heavy atom. The van der Waals surface area contributed by atoms with Crippen molar-refractivity contribution in [2.75, 3.05) is 6.54 Å². The average Bonchev–Trinajstić information content (AvgIpc) is 3.02. The van der Waals surface area contributed by atoms with Crippen molar-refractivity contribution in [2.24, 2.45) is 0 Å². The largest absolute Gasteiger partial charge is 0.352 e. The van der Waals surface area contributed by atoms with Crippen LogP contribution < -0.4 is 5.32 Å². The fourth-order valence-corrected chi connectivity index (χ4v) is 2.93. The van der Waals surface area contributed by atoms with Gasteiger partial charge in [-0.25, -0.2) is 0 Å². The number of carbonyl (C=O) groups is 1. The van der Waals surface area contributed by atoms with Crippen molar-refractivity contribution < 1.29 is 4.79 Å². The second-order valence-corrected chi connectivity index (χ2v) is 5.83. The van der Waals surface area contributed by atoms with E-state index < -0.39 is 0 Å². The molecule has 3 rings (SSSR count).